The Labute approximate surface area is 146 Å². The summed E-state index contributed by atoms with van der Waals surface area (Å²) in [5.41, 5.74) is 4.56. The van der Waals surface area contributed by atoms with Crippen LogP contribution in [-0.2, 0) is 0 Å². The van der Waals surface area contributed by atoms with Gasteiger partial charge in [-0.05, 0) is 44.2 Å². The van der Waals surface area contributed by atoms with Gasteiger partial charge in [-0.3, -0.25) is 0 Å². The molecule has 0 radical (unpaired) electrons. The van der Waals surface area contributed by atoms with Crippen LogP contribution in [0.1, 0.15) is 11.4 Å². The van der Waals surface area contributed by atoms with Crippen LogP contribution in [0.5, 0.6) is 5.75 Å². The molecule has 25 heavy (non-hydrogen) atoms. The zero-order valence-electron chi connectivity index (χ0n) is 13.8. The molecule has 4 nitrogen and oxygen atoms in total. The number of hydrogen-bond acceptors (Lipinski definition) is 4. The Morgan fingerprint density at radius 3 is 2.40 bits per heavy atom. The van der Waals surface area contributed by atoms with E-state index in [0.717, 1.165) is 33.5 Å². The molecule has 1 N–H and O–H groups in total. The second kappa shape index (κ2) is 6.44. The van der Waals surface area contributed by atoms with Crippen molar-refractivity contribution in [1.29, 1.82) is 0 Å². The fraction of sp³-hybridized carbons (Fsp3) is 0.235. The molecule has 132 valence electrons. The van der Waals surface area contributed by atoms with Gasteiger partial charge in [0.05, 0.1) is 5.69 Å². The number of ether oxygens (including phenoxy) is 1. The maximum atomic E-state index is 12.3. The molecule has 0 unspecified atom stereocenters. The topological polar surface area (TPSA) is 39.1 Å². The monoisotopic (exact) mass is 367 g/mol. The molecule has 0 amide bonds. The van der Waals surface area contributed by atoms with Gasteiger partial charge in [0.15, 0.2) is 5.13 Å². The van der Waals surface area contributed by atoms with Crippen molar-refractivity contribution in [1.82, 2.24) is 9.55 Å². The molecule has 0 atom stereocenters. The number of rotatable bonds is 4. The minimum Gasteiger partial charge on any atom is -0.406 e. The van der Waals surface area contributed by atoms with Gasteiger partial charge in [0.1, 0.15) is 5.75 Å². The first-order valence-corrected chi connectivity index (χ1v) is 8.35. The number of aryl methyl sites for hydroxylation is 1. The van der Waals surface area contributed by atoms with Gasteiger partial charge >= 0.3 is 6.36 Å². The van der Waals surface area contributed by atoms with Gasteiger partial charge in [0, 0.05) is 35.1 Å². The highest BCUT2D eigenvalue weighted by atomic mass is 32.1. The van der Waals surface area contributed by atoms with E-state index >= 15 is 0 Å². The molecule has 1 aromatic carbocycles. The van der Waals surface area contributed by atoms with Crippen molar-refractivity contribution in [3.8, 4) is 22.7 Å². The normalized spacial score (nSPS) is 11.6. The van der Waals surface area contributed by atoms with E-state index in [2.05, 4.69) is 15.0 Å². The summed E-state index contributed by atoms with van der Waals surface area (Å²) >= 11 is 1.52. The van der Waals surface area contributed by atoms with Crippen LogP contribution in [0.3, 0.4) is 0 Å². The zero-order valence-corrected chi connectivity index (χ0v) is 14.6. The molecule has 0 aliphatic carbocycles. The van der Waals surface area contributed by atoms with Crippen LogP contribution < -0.4 is 10.1 Å². The SMILES string of the molecule is CNc1nc(-c2cc(C)n(-c3ccc(OC(F)(F)F)cc3)c2C)cs1. The molecule has 8 heteroatoms. The van der Waals surface area contributed by atoms with E-state index in [1.54, 1.807) is 12.1 Å². The number of benzene rings is 1. The van der Waals surface area contributed by atoms with E-state index in [4.69, 9.17) is 0 Å². The van der Waals surface area contributed by atoms with Crippen LogP contribution in [0, 0.1) is 13.8 Å². The average molecular weight is 367 g/mol. The van der Waals surface area contributed by atoms with Gasteiger partial charge in [-0.2, -0.15) is 0 Å². The number of nitrogens with zero attached hydrogens (tertiary/aromatic N) is 2. The first-order chi connectivity index (χ1) is 11.8. The van der Waals surface area contributed by atoms with Crippen LogP contribution in [0.15, 0.2) is 35.7 Å². The predicted molar refractivity (Wildman–Crippen MR) is 92.6 cm³/mol. The summed E-state index contributed by atoms with van der Waals surface area (Å²) in [4.78, 5) is 4.51. The summed E-state index contributed by atoms with van der Waals surface area (Å²) < 4.78 is 42.7. The lowest BCUT2D eigenvalue weighted by Crippen LogP contribution is -2.17. The van der Waals surface area contributed by atoms with Crippen molar-refractivity contribution in [2.45, 2.75) is 20.2 Å². The third-order valence-corrected chi connectivity index (χ3v) is 4.61. The zero-order chi connectivity index (χ0) is 18.2. The van der Waals surface area contributed by atoms with Crippen LogP contribution in [0.2, 0.25) is 0 Å². The summed E-state index contributed by atoms with van der Waals surface area (Å²) in [6.07, 6.45) is -4.69. The van der Waals surface area contributed by atoms with Crippen LogP contribution in [-0.4, -0.2) is 23.0 Å². The van der Waals surface area contributed by atoms with Crippen molar-refractivity contribution in [3.05, 3.63) is 47.1 Å². The van der Waals surface area contributed by atoms with Crippen molar-refractivity contribution < 1.29 is 17.9 Å². The number of hydrogen-bond donors (Lipinski definition) is 1. The second-order valence-electron chi connectivity index (χ2n) is 5.45. The van der Waals surface area contributed by atoms with Gasteiger partial charge in [0.25, 0.3) is 0 Å². The predicted octanol–water partition coefficient (Wildman–Crippen LogP) is 5.16. The molecular formula is C17H16F3N3OS. The Balaban J connectivity index is 1.95. The van der Waals surface area contributed by atoms with Crippen LogP contribution in [0.4, 0.5) is 18.3 Å². The Hall–Kier alpha value is -2.48. The summed E-state index contributed by atoms with van der Waals surface area (Å²) in [7, 11) is 1.82. The lowest BCUT2D eigenvalue weighted by Gasteiger charge is -2.12. The van der Waals surface area contributed by atoms with Gasteiger partial charge in [0.2, 0.25) is 0 Å². The van der Waals surface area contributed by atoms with Gasteiger partial charge in [-0.15, -0.1) is 24.5 Å². The van der Waals surface area contributed by atoms with Crippen molar-refractivity contribution in [3.63, 3.8) is 0 Å². The van der Waals surface area contributed by atoms with E-state index in [9.17, 15) is 13.2 Å². The lowest BCUT2D eigenvalue weighted by atomic mass is 10.2. The summed E-state index contributed by atoms with van der Waals surface area (Å²) in [5, 5.41) is 5.81. The Bertz CT molecular complexity index is 882. The van der Waals surface area contributed by atoms with Crippen LogP contribution in [0.25, 0.3) is 16.9 Å². The fourth-order valence-electron chi connectivity index (χ4n) is 2.73. The molecule has 0 bridgehead atoms. The number of alkyl halides is 3. The standard InChI is InChI=1S/C17H16F3N3OS/c1-10-8-14(15-9-25-16(21-3)22-15)11(2)23(10)12-4-6-13(7-5-12)24-17(18,19)20/h4-9H,1-3H3,(H,21,22). The molecule has 0 spiro atoms. The Morgan fingerprint density at radius 1 is 1.16 bits per heavy atom. The van der Waals surface area contributed by atoms with Crippen molar-refractivity contribution in [2.75, 3.05) is 12.4 Å². The molecular weight excluding hydrogens is 351 g/mol. The summed E-state index contributed by atoms with van der Waals surface area (Å²) in [6.45, 7) is 3.91. The number of nitrogens with one attached hydrogen (secondary N) is 1. The molecule has 0 aliphatic rings. The number of aromatic nitrogens is 2. The quantitative estimate of drug-likeness (QED) is 0.692. The summed E-state index contributed by atoms with van der Waals surface area (Å²) in [5.74, 6) is -0.239. The highest BCUT2D eigenvalue weighted by molar-refractivity contribution is 7.14. The number of thiazole rings is 1. The van der Waals surface area contributed by atoms with Crippen LogP contribution >= 0.6 is 11.3 Å². The van der Waals surface area contributed by atoms with Crippen molar-refractivity contribution >= 4 is 16.5 Å². The Kier molecular flexibility index (Phi) is 4.47. The molecule has 0 fully saturated rings. The smallest absolute Gasteiger partial charge is 0.406 e. The van der Waals surface area contributed by atoms with Gasteiger partial charge in [-0.25, -0.2) is 4.98 Å². The second-order valence-corrected chi connectivity index (χ2v) is 6.31. The van der Waals surface area contributed by atoms with E-state index in [-0.39, 0.29) is 5.75 Å². The van der Waals surface area contributed by atoms with E-state index in [1.165, 1.54) is 23.5 Å². The minimum absolute atomic E-state index is 0.239. The number of halogens is 3. The Morgan fingerprint density at radius 2 is 1.84 bits per heavy atom. The first kappa shape index (κ1) is 17.3. The third kappa shape index (κ3) is 3.63. The van der Waals surface area contributed by atoms with E-state index in [0.29, 0.717) is 0 Å². The lowest BCUT2D eigenvalue weighted by molar-refractivity contribution is -0.274. The maximum Gasteiger partial charge on any atom is 0.573 e. The molecule has 0 saturated carbocycles. The van der Waals surface area contributed by atoms with Gasteiger partial charge in [-0.1, -0.05) is 0 Å². The van der Waals surface area contributed by atoms with E-state index in [1.807, 2.05) is 36.9 Å². The highest BCUT2D eigenvalue weighted by Crippen LogP contribution is 2.32. The van der Waals surface area contributed by atoms with E-state index < -0.39 is 6.36 Å². The first-order valence-electron chi connectivity index (χ1n) is 7.47. The fourth-order valence-corrected chi connectivity index (χ4v) is 3.40. The molecule has 0 aliphatic heterocycles. The van der Waals surface area contributed by atoms with Crippen molar-refractivity contribution in [2.24, 2.45) is 0 Å². The minimum atomic E-state index is -4.69. The third-order valence-electron chi connectivity index (χ3n) is 3.75. The molecule has 2 heterocycles. The largest absolute Gasteiger partial charge is 0.573 e. The molecule has 2 aromatic heterocycles. The molecule has 3 rings (SSSR count). The number of anilines is 1. The average Bonchev–Trinajstić information content (AvgIpc) is 3.11. The highest BCUT2D eigenvalue weighted by Gasteiger charge is 2.31. The van der Waals surface area contributed by atoms with Gasteiger partial charge < -0.3 is 14.6 Å². The summed E-state index contributed by atoms with van der Waals surface area (Å²) in [6, 6.07) is 7.84. The maximum absolute atomic E-state index is 12.3. The molecule has 0 saturated heterocycles. The molecule has 3 aromatic rings.